The van der Waals surface area contributed by atoms with Crippen molar-refractivity contribution >= 4 is 23.1 Å². The van der Waals surface area contributed by atoms with Crippen molar-refractivity contribution in [2.45, 2.75) is 13.3 Å². The van der Waals surface area contributed by atoms with E-state index >= 15 is 0 Å². The summed E-state index contributed by atoms with van der Waals surface area (Å²) in [4.78, 5) is 18.3. The van der Waals surface area contributed by atoms with Crippen LogP contribution in [0.25, 0.3) is 0 Å². The third kappa shape index (κ3) is 3.12. The molecule has 1 aromatic carbocycles. The zero-order valence-corrected chi connectivity index (χ0v) is 11.3. The van der Waals surface area contributed by atoms with E-state index in [4.69, 9.17) is 22.1 Å². The molecular weight excluding hydrogens is 284 g/mol. The van der Waals surface area contributed by atoms with Crippen LogP contribution < -0.4 is 10.5 Å². The van der Waals surface area contributed by atoms with E-state index < -0.39 is 4.92 Å². The van der Waals surface area contributed by atoms with Gasteiger partial charge in [-0.3, -0.25) is 10.1 Å². The molecule has 1 heterocycles. The predicted octanol–water partition coefficient (Wildman–Crippen LogP) is 2.98. The quantitative estimate of drug-likeness (QED) is 0.686. The summed E-state index contributed by atoms with van der Waals surface area (Å²) >= 11 is 5.94. The average Bonchev–Trinajstić information content (AvgIpc) is 2.40. The summed E-state index contributed by atoms with van der Waals surface area (Å²) in [5, 5.41) is 11.0. The maximum atomic E-state index is 10.7. The van der Waals surface area contributed by atoms with Gasteiger partial charge in [0.1, 0.15) is 11.6 Å². The third-order valence-electron chi connectivity index (χ3n) is 2.43. The van der Waals surface area contributed by atoms with E-state index in [0.29, 0.717) is 12.2 Å². The number of hydrogen-bond acceptors (Lipinski definition) is 6. The second-order valence-corrected chi connectivity index (χ2v) is 4.28. The van der Waals surface area contributed by atoms with Crippen molar-refractivity contribution in [3.63, 3.8) is 0 Å². The van der Waals surface area contributed by atoms with E-state index in [2.05, 4.69) is 9.97 Å². The fourth-order valence-corrected chi connectivity index (χ4v) is 1.66. The Morgan fingerprint density at radius 1 is 1.40 bits per heavy atom. The van der Waals surface area contributed by atoms with Crippen LogP contribution in [0.3, 0.4) is 0 Å². The van der Waals surface area contributed by atoms with Crippen molar-refractivity contribution in [2.75, 3.05) is 5.73 Å². The molecule has 2 N–H and O–H groups in total. The lowest BCUT2D eigenvalue weighted by Gasteiger charge is -2.08. The average molecular weight is 295 g/mol. The largest absolute Gasteiger partial charge is 0.437 e. The van der Waals surface area contributed by atoms with Crippen LogP contribution >= 0.6 is 11.6 Å². The molecule has 2 aromatic rings. The van der Waals surface area contributed by atoms with Crippen LogP contribution in [0, 0.1) is 10.1 Å². The smallest absolute Gasteiger partial charge is 0.273 e. The minimum absolute atomic E-state index is 0.123. The number of nitrogen functional groups attached to an aromatic ring is 1. The molecule has 0 radical (unpaired) electrons. The molecule has 0 fully saturated rings. The molecule has 0 aliphatic rings. The molecule has 0 unspecified atom stereocenters. The number of benzene rings is 1. The highest BCUT2D eigenvalue weighted by Crippen LogP contribution is 2.32. The van der Waals surface area contributed by atoms with E-state index in [9.17, 15) is 10.1 Å². The molecule has 0 spiro atoms. The number of halogens is 1. The summed E-state index contributed by atoms with van der Waals surface area (Å²) in [5.41, 5.74) is 5.51. The van der Waals surface area contributed by atoms with E-state index in [1.54, 1.807) is 0 Å². The number of rotatable bonds is 4. The molecular formula is C12H11ClN4O3. The van der Waals surface area contributed by atoms with Crippen molar-refractivity contribution < 1.29 is 9.66 Å². The lowest BCUT2D eigenvalue weighted by Crippen LogP contribution is -2.00. The minimum atomic E-state index is -0.533. The van der Waals surface area contributed by atoms with Crippen LogP contribution in [0.5, 0.6) is 11.6 Å². The summed E-state index contributed by atoms with van der Waals surface area (Å²) in [5.74, 6) is 1.10. The predicted molar refractivity (Wildman–Crippen MR) is 74.0 cm³/mol. The van der Waals surface area contributed by atoms with Crippen LogP contribution in [0.15, 0.2) is 24.3 Å². The number of hydrogen-bond donors (Lipinski definition) is 1. The van der Waals surface area contributed by atoms with Gasteiger partial charge in [-0.2, -0.15) is 4.98 Å². The zero-order chi connectivity index (χ0) is 14.7. The Bertz CT molecular complexity index is 663. The van der Waals surface area contributed by atoms with Gasteiger partial charge in [-0.15, -0.1) is 0 Å². The number of aromatic nitrogens is 2. The first-order valence-electron chi connectivity index (χ1n) is 5.75. The first-order chi connectivity index (χ1) is 9.49. The van der Waals surface area contributed by atoms with E-state index in [0.717, 1.165) is 0 Å². The monoisotopic (exact) mass is 294 g/mol. The minimum Gasteiger partial charge on any atom is -0.437 e. The molecule has 0 saturated heterocycles. The van der Waals surface area contributed by atoms with Gasteiger partial charge in [-0.05, 0) is 6.07 Å². The molecule has 0 atom stereocenters. The lowest BCUT2D eigenvalue weighted by molar-refractivity contribution is -0.384. The van der Waals surface area contributed by atoms with Gasteiger partial charge < -0.3 is 10.5 Å². The standard InChI is InChI=1S/C12H11ClN4O3/c1-2-11-15-10(14)6-12(16-11)20-9-5-7(17(18)19)3-4-8(9)13/h3-6H,2H2,1H3,(H2,14,15,16). The van der Waals surface area contributed by atoms with E-state index in [1.165, 1.54) is 24.3 Å². The van der Waals surface area contributed by atoms with Crippen molar-refractivity contribution in [3.05, 3.63) is 45.2 Å². The van der Waals surface area contributed by atoms with Gasteiger partial charge in [-0.25, -0.2) is 4.98 Å². The fraction of sp³-hybridized carbons (Fsp3) is 0.167. The van der Waals surface area contributed by atoms with Crippen molar-refractivity contribution in [2.24, 2.45) is 0 Å². The zero-order valence-electron chi connectivity index (χ0n) is 10.5. The number of aryl methyl sites for hydroxylation is 1. The van der Waals surface area contributed by atoms with Crippen LogP contribution in [0.4, 0.5) is 11.5 Å². The number of nitro benzene ring substituents is 1. The molecule has 0 amide bonds. The summed E-state index contributed by atoms with van der Waals surface area (Å²) in [7, 11) is 0. The molecule has 7 nitrogen and oxygen atoms in total. The SMILES string of the molecule is CCc1nc(N)cc(Oc2cc([N+](=O)[O-])ccc2Cl)n1. The summed E-state index contributed by atoms with van der Waals surface area (Å²) in [6.45, 7) is 1.87. The van der Waals surface area contributed by atoms with E-state index in [1.807, 2.05) is 6.92 Å². The third-order valence-corrected chi connectivity index (χ3v) is 2.74. The van der Waals surface area contributed by atoms with Gasteiger partial charge in [-0.1, -0.05) is 18.5 Å². The molecule has 104 valence electrons. The van der Waals surface area contributed by atoms with Gasteiger partial charge in [0.15, 0.2) is 5.75 Å². The van der Waals surface area contributed by atoms with Crippen LogP contribution in [-0.4, -0.2) is 14.9 Å². The summed E-state index contributed by atoms with van der Waals surface area (Å²) in [6.07, 6.45) is 0.587. The maximum Gasteiger partial charge on any atom is 0.273 e. The van der Waals surface area contributed by atoms with E-state index in [-0.39, 0.29) is 28.2 Å². The molecule has 0 aliphatic heterocycles. The number of nitrogens with zero attached hydrogens (tertiary/aromatic N) is 3. The first-order valence-corrected chi connectivity index (χ1v) is 6.12. The molecule has 0 saturated carbocycles. The fourth-order valence-electron chi connectivity index (χ4n) is 1.50. The highest BCUT2D eigenvalue weighted by molar-refractivity contribution is 6.32. The number of ether oxygens (including phenoxy) is 1. The maximum absolute atomic E-state index is 10.7. The highest BCUT2D eigenvalue weighted by Gasteiger charge is 2.13. The number of non-ortho nitro benzene ring substituents is 1. The Labute approximate surface area is 119 Å². The Kier molecular flexibility index (Phi) is 3.99. The van der Waals surface area contributed by atoms with Crippen molar-refractivity contribution in [1.82, 2.24) is 9.97 Å². The second-order valence-electron chi connectivity index (χ2n) is 3.87. The van der Waals surface area contributed by atoms with Gasteiger partial charge in [0, 0.05) is 18.6 Å². The van der Waals surface area contributed by atoms with Crippen molar-refractivity contribution in [1.29, 1.82) is 0 Å². The Hall–Kier alpha value is -2.41. The van der Waals surface area contributed by atoms with Gasteiger partial charge >= 0.3 is 0 Å². The van der Waals surface area contributed by atoms with Crippen LogP contribution in [-0.2, 0) is 6.42 Å². The van der Waals surface area contributed by atoms with Crippen LogP contribution in [0.1, 0.15) is 12.7 Å². The molecule has 2 rings (SSSR count). The van der Waals surface area contributed by atoms with Crippen molar-refractivity contribution in [3.8, 4) is 11.6 Å². The second kappa shape index (κ2) is 5.70. The molecule has 8 heteroatoms. The normalized spacial score (nSPS) is 10.3. The number of nitro groups is 1. The summed E-state index contributed by atoms with van der Waals surface area (Å²) < 4.78 is 5.46. The topological polar surface area (TPSA) is 104 Å². The Morgan fingerprint density at radius 2 is 2.15 bits per heavy atom. The summed E-state index contributed by atoms with van der Waals surface area (Å²) in [6, 6.07) is 5.34. The Morgan fingerprint density at radius 3 is 2.80 bits per heavy atom. The van der Waals surface area contributed by atoms with Crippen LogP contribution in [0.2, 0.25) is 5.02 Å². The lowest BCUT2D eigenvalue weighted by atomic mass is 10.3. The van der Waals surface area contributed by atoms with Gasteiger partial charge in [0.2, 0.25) is 5.88 Å². The molecule has 1 aromatic heterocycles. The highest BCUT2D eigenvalue weighted by atomic mass is 35.5. The number of nitrogens with two attached hydrogens (primary N) is 1. The number of anilines is 1. The first kappa shape index (κ1) is 14.0. The molecule has 0 bridgehead atoms. The molecule has 20 heavy (non-hydrogen) atoms. The van der Waals surface area contributed by atoms with Gasteiger partial charge in [0.25, 0.3) is 5.69 Å². The van der Waals surface area contributed by atoms with Gasteiger partial charge in [0.05, 0.1) is 16.0 Å². The molecule has 0 aliphatic carbocycles. The Balaban J connectivity index is 2.36.